The van der Waals surface area contributed by atoms with Gasteiger partial charge in [0.15, 0.2) is 0 Å². The van der Waals surface area contributed by atoms with Gasteiger partial charge >= 0.3 is 11.9 Å². The molecule has 0 fully saturated rings. The largest absolute Gasteiger partial charge is 0.480 e. The summed E-state index contributed by atoms with van der Waals surface area (Å²) in [4.78, 5) is 51.3. The van der Waals surface area contributed by atoms with Gasteiger partial charge < -0.3 is 31.6 Å². The Morgan fingerprint density at radius 1 is 0.972 bits per heavy atom. The molecule has 0 aliphatic carbocycles. The summed E-state index contributed by atoms with van der Waals surface area (Å²) >= 11 is 4.36. The smallest absolute Gasteiger partial charge is 0.335 e. The zero-order chi connectivity index (χ0) is 26.4. The first-order chi connectivity index (χ1) is 17.1. The number of rotatable bonds is 11. The molecule has 2 aromatic carbocycles. The van der Waals surface area contributed by atoms with Crippen LogP contribution >= 0.6 is 12.6 Å². The molecule has 4 atom stereocenters. The van der Waals surface area contributed by atoms with E-state index in [9.17, 15) is 24.3 Å². The maximum absolute atomic E-state index is 13.0. The summed E-state index contributed by atoms with van der Waals surface area (Å²) in [6.45, 7) is 1.33. The number of H-pyrrole nitrogens is 1. The van der Waals surface area contributed by atoms with Crippen LogP contribution in [0.3, 0.4) is 0 Å². The molecule has 1 heterocycles. The molecule has 0 radical (unpaired) electrons. The van der Waals surface area contributed by atoms with Gasteiger partial charge in [-0.1, -0.05) is 30.3 Å². The Kier molecular flexibility index (Phi) is 8.73. The predicted octanol–water partition coefficient (Wildman–Crippen LogP) is 1.35. The third-order valence-electron chi connectivity index (χ3n) is 5.81. The predicted molar refractivity (Wildman–Crippen MR) is 137 cm³/mol. The number of amides is 2. The van der Waals surface area contributed by atoms with Gasteiger partial charge in [-0.05, 0) is 42.7 Å². The Labute approximate surface area is 212 Å². The highest BCUT2D eigenvalue weighted by molar-refractivity contribution is 7.81. The fraction of sp³-hybridized carbons (Fsp3) is 0.280. The van der Waals surface area contributed by atoms with E-state index in [-0.39, 0.29) is 18.4 Å². The lowest BCUT2D eigenvalue weighted by Crippen LogP contribution is -2.55. The second kappa shape index (κ2) is 11.7. The lowest BCUT2D eigenvalue weighted by molar-refractivity contribution is -0.141. The molecule has 190 valence electrons. The maximum Gasteiger partial charge on any atom is 0.335 e. The summed E-state index contributed by atoms with van der Waals surface area (Å²) in [6, 6.07) is 10.6. The number of nitrogens with two attached hydrogens (primary N) is 1. The second-order valence-electron chi connectivity index (χ2n) is 8.51. The third-order valence-corrected chi connectivity index (χ3v) is 6.43. The lowest BCUT2D eigenvalue weighted by Gasteiger charge is -2.24. The SMILES string of the molecule is C[C@H](NC(=O)[C@H](Cc1c[nH]c2ccccc12)NC(=O)[C@@H](S)[C@@H](N)Cc1ccc(C(=O)O)cc1)C(=O)O. The van der Waals surface area contributed by atoms with Gasteiger partial charge in [0.25, 0.3) is 0 Å². The first-order valence-electron chi connectivity index (χ1n) is 11.2. The number of aromatic amines is 1. The number of hydrogen-bond acceptors (Lipinski definition) is 6. The van der Waals surface area contributed by atoms with Crippen molar-refractivity contribution in [2.75, 3.05) is 0 Å². The zero-order valence-corrected chi connectivity index (χ0v) is 20.4. The van der Waals surface area contributed by atoms with Gasteiger partial charge in [0.2, 0.25) is 11.8 Å². The summed E-state index contributed by atoms with van der Waals surface area (Å²) < 4.78 is 0. The number of thiol groups is 1. The molecule has 36 heavy (non-hydrogen) atoms. The van der Waals surface area contributed by atoms with E-state index in [4.69, 9.17) is 10.8 Å². The van der Waals surface area contributed by atoms with Crippen LogP contribution in [0.5, 0.6) is 0 Å². The summed E-state index contributed by atoms with van der Waals surface area (Å²) in [5, 5.41) is 23.1. The number of carboxylic acid groups (broad SMARTS) is 2. The highest BCUT2D eigenvalue weighted by Gasteiger charge is 2.29. The van der Waals surface area contributed by atoms with Crippen molar-refractivity contribution in [3.05, 3.63) is 71.4 Å². The number of aromatic carboxylic acids is 1. The van der Waals surface area contributed by atoms with Crippen molar-refractivity contribution in [1.29, 1.82) is 0 Å². The van der Waals surface area contributed by atoms with Crippen molar-refractivity contribution in [2.45, 2.75) is 43.1 Å². The van der Waals surface area contributed by atoms with Crippen molar-refractivity contribution < 1.29 is 29.4 Å². The normalized spacial score (nSPS) is 14.4. The number of hydrogen-bond donors (Lipinski definition) is 7. The number of carbonyl (C=O) groups excluding carboxylic acids is 2. The molecule has 3 aromatic rings. The van der Waals surface area contributed by atoms with Crippen LogP contribution < -0.4 is 16.4 Å². The van der Waals surface area contributed by atoms with Crippen LogP contribution in [0.15, 0.2) is 54.7 Å². The van der Waals surface area contributed by atoms with E-state index in [2.05, 4.69) is 28.2 Å². The van der Waals surface area contributed by atoms with Crippen LogP contribution in [0.1, 0.15) is 28.4 Å². The van der Waals surface area contributed by atoms with E-state index < -0.39 is 47.1 Å². The van der Waals surface area contributed by atoms with E-state index in [1.165, 1.54) is 19.1 Å². The molecule has 1 aromatic heterocycles. The maximum atomic E-state index is 13.0. The van der Waals surface area contributed by atoms with E-state index in [1.54, 1.807) is 18.3 Å². The minimum absolute atomic E-state index is 0.111. The standard InChI is InChI=1S/C25H28N4O6S/c1-13(24(32)33)28-22(30)20(11-16-12-27-19-5-3-2-4-17(16)19)29-23(31)21(36)18(26)10-14-6-8-15(9-7-14)25(34)35/h2-9,12-13,18,20-21,27,36H,10-11,26H2,1H3,(H,28,30)(H,29,31)(H,32,33)(H,34,35)/t13-,18-,20-,21-/m0/s1. The van der Waals surface area contributed by atoms with Gasteiger partial charge in [-0.15, -0.1) is 0 Å². The number of fused-ring (bicyclic) bond motifs is 1. The quantitative estimate of drug-likeness (QED) is 0.190. The van der Waals surface area contributed by atoms with Crippen LogP contribution in [-0.4, -0.2) is 62.3 Å². The van der Waals surface area contributed by atoms with Crippen LogP contribution in [0.25, 0.3) is 10.9 Å². The summed E-state index contributed by atoms with van der Waals surface area (Å²) in [6.07, 6.45) is 2.10. The van der Waals surface area contributed by atoms with Crippen molar-refractivity contribution in [3.8, 4) is 0 Å². The molecule has 0 unspecified atom stereocenters. The number of aromatic nitrogens is 1. The topological polar surface area (TPSA) is 175 Å². The van der Waals surface area contributed by atoms with Gasteiger partial charge in [0.1, 0.15) is 12.1 Å². The molecular weight excluding hydrogens is 484 g/mol. The zero-order valence-electron chi connectivity index (χ0n) is 19.5. The van der Waals surface area contributed by atoms with Gasteiger partial charge in [0, 0.05) is 29.6 Å². The van der Waals surface area contributed by atoms with E-state index >= 15 is 0 Å². The third kappa shape index (κ3) is 6.64. The van der Waals surface area contributed by atoms with Crippen molar-refractivity contribution in [3.63, 3.8) is 0 Å². The lowest BCUT2D eigenvalue weighted by atomic mass is 10.0. The van der Waals surface area contributed by atoms with Crippen LogP contribution in [-0.2, 0) is 27.2 Å². The summed E-state index contributed by atoms with van der Waals surface area (Å²) in [5.74, 6) is -3.49. The molecule has 2 amide bonds. The Bertz CT molecular complexity index is 1260. The minimum atomic E-state index is -1.21. The monoisotopic (exact) mass is 512 g/mol. The molecule has 11 heteroatoms. The van der Waals surface area contributed by atoms with Gasteiger partial charge in [-0.2, -0.15) is 12.6 Å². The number of carboxylic acids is 2. The van der Waals surface area contributed by atoms with Gasteiger partial charge in [-0.3, -0.25) is 14.4 Å². The average Bonchev–Trinajstić information content (AvgIpc) is 3.26. The highest BCUT2D eigenvalue weighted by atomic mass is 32.1. The van der Waals surface area contributed by atoms with Gasteiger partial charge in [0.05, 0.1) is 10.8 Å². The molecule has 0 spiro atoms. The fourth-order valence-corrected chi connectivity index (χ4v) is 3.90. The molecule has 0 bridgehead atoms. The van der Waals surface area contributed by atoms with Crippen molar-refractivity contribution in [1.82, 2.24) is 15.6 Å². The first kappa shape index (κ1) is 26.8. The van der Waals surface area contributed by atoms with E-state index in [1.807, 2.05) is 24.3 Å². The molecule has 0 saturated heterocycles. The molecule has 10 nitrogen and oxygen atoms in total. The Morgan fingerprint density at radius 3 is 2.28 bits per heavy atom. The van der Waals surface area contributed by atoms with Crippen LogP contribution in [0.4, 0.5) is 0 Å². The second-order valence-corrected chi connectivity index (χ2v) is 9.06. The first-order valence-corrected chi connectivity index (χ1v) is 11.7. The molecule has 0 saturated carbocycles. The van der Waals surface area contributed by atoms with Crippen molar-refractivity contribution >= 4 is 47.3 Å². The number of nitrogens with one attached hydrogen (secondary N) is 3. The Balaban J connectivity index is 1.73. The van der Waals surface area contributed by atoms with Crippen LogP contribution in [0.2, 0.25) is 0 Å². The minimum Gasteiger partial charge on any atom is -0.480 e. The van der Waals surface area contributed by atoms with E-state index in [0.717, 1.165) is 22.0 Å². The number of para-hydroxylation sites is 1. The molecule has 0 aliphatic rings. The Hall–Kier alpha value is -3.83. The fourth-order valence-electron chi connectivity index (χ4n) is 3.72. The van der Waals surface area contributed by atoms with E-state index in [0.29, 0.717) is 0 Å². The molecule has 7 N–H and O–H groups in total. The van der Waals surface area contributed by atoms with Crippen LogP contribution in [0, 0.1) is 0 Å². The summed E-state index contributed by atoms with van der Waals surface area (Å²) in [7, 11) is 0. The van der Waals surface area contributed by atoms with Gasteiger partial charge in [-0.25, -0.2) is 4.79 Å². The Morgan fingerprint density at radius 2 is 1.64 bits per heavy atom. The summed E-state index contributed by atoms with van der Waals surface area (Å²) in [5.41, 5.74) is 8.68. The number of aliphatic carboxylic acids is 1. The molecule has 3 rings (SSSR count). The average molecular weight is 513 g/mol. The number of carbonyl (C=O) groups is 4. The van der Waals surface area contributed by atoms with Crippen molar-refractivity contribution in [2.24, 2.45) is 5.73 Å². The molecular formula is C25H28N4O6S. The number of benzene rings is 2. The highest BCUT2D eigenvalue weighted by Crippen LogP contribution is 2.19. The molecule has 0 aliphatic heterocycles.